The van der Waals surface area contributed by atoms with Gasteiger partial charge in [-0.1, -0.05) is 12.1 Å². The number of aryl methyl sites for hydroxylation is 1. The van der Waals surface area contributed by atoms with Crippen LogP contribution >= 0.6 is 0 Å². The summed E-state index contributed by atoms with van der Waals surface area (Å²) >= 11 is 0. The van der Waals surface area contributed by atoms with Crippen molar-refractivity contribution in [3.05, 3.63) is 77.6 Å². The van der Waals surface area contributed by atoms with E-state index >= 15 is 0 Å². The van der Waals surface area contributed by atoms with Crippen LogP contribution < -0.4 is 15.5 Å². The minimum absolute atomic E-state index is 0.145. The molecular formula is C30H32N6O4S. The van der Waals surface area contributed by atoms with Gasteiger partial charge in [-0.25, -0.2) is 18.4 Å². The molecule has 1 aromatic carbocycles. The highest BCUT2D eigenvalue weighted by atomic mass is 32.2. The van der Waals surface area contributed by atoms with Gasteiger partial charge in [0.15, 0.2) is 9.84 Å². The van der Waals surface area contributed by atoms with E-state index in [1.165, 1.54) is 6.07 Å². The number of carbonyl (C=O) groups is 1. The first kappa shape index (κ1) is 27.3. The molecule has 3 aromatic heterocycles. The van der Waals surface area contributed by atoms with Crippen molar-refractivity contribution in [2.75, 3.05) is 43.9 Å². The minimum Gasteiger partial charge on any atom is -0.370 e. The summed E-state index contributed by atoms with van der Waals surface area (Å²) in [5, 5.41) is 7.15. The van der Waals surface area contributed by atoms with Gasteiger partial charge in [-0.2, -0.15) is 0 Å². The number of hydrogen-bond acceptors (Lipinski definition) is 9. The SMILES string of the molecule is Cc1ccc(C(=O)NCc2cc3nc(-c4cccc(N5CC[C@]6(CNCCO6)C5)n4)ccc3cn2)cc1S(C)(=O)=O. The van der Waals surface area contributed by atoms with Gasteiger partial charge in [0.1, 0.15) is 5.82 Å². The zero-order valence-corrected chi connectivity index (χ0v) is 23.9. The van der Waals surface area contributed by atoms with Gasteiger partial charge in [0.25, 0.3) is 5.91 Å². The maximum atomic E-state index is 12.8. The zero-order chi connectivity index (χ0) is 28.6. The summed E-state index contributed by atoms with van der Waals surface area (Å²) in [4.78, 5) is 29.4. The Labute approximate surface area is 239 Å². The van der Waals surface area contributed by atoms with Crippen molar-refractivity contribution < 1.29 is 17.9 Å². The average Bonchev–Trinajstić information content (AvgIpc) is 3.38. The molecule has 212 valence electrons. The topological polar surface area (TPSA) is 126 Å². The lowest BCUT2D eigenvalue weighted by atomic mass is 10.0. The molecule has 2 aliphatic rings. The summed E-state index contributed by atoms with van der Waals surface area (Å²) in [6.45, 7) is 6.06. The Morgan fingerprint density at radius 1 is 1.12 bits per heavy atom. The number of nitrogens with zero attached hydrogens (tertiary/aromatic N) is 4. The van der Waals surface area contributed by atoms with Crippen LogP contribution in [0.5, 0.6) is 0 Å². The Kier molecular flexibility index (Phi) is 7.18. The summed E-state index contributed by atoms with van der Waals surface area (Å²) in [7, 11) is -3.44. The second-order valence-corrected chi connectivity index (χ2v) is 12.7. The number of amides is 1. The fourth-order valence-corrected chi connectivity index (χ4v) is 6.46. The Bertz CT molecular complexity index is 1740. The monoisotopic (exact) mass is 572 g/mol. The molecule has 0 unspecified atom stereocenters. The van der Waals surface area contributed by atoms with Crippen molar-refractivity contribution in [2.45, 2.75) is 30.4 Å². The van der Waals surface area contributed by atoms with Crippen molar-refractivity contribution in [3.8, 4) is 11.4 Å². The molecule has 0 radical (unpaired) electrons. The molecule has 0 saturated carbocycles. The second kappa shape index (κ2) is 10.8. The van der Waals surface area contributed by atoms with Crippen LogP contribution in [0.25, 0.3) is 22.3 Å². The molecule has 6 rings (SSSR count). The lowest BCUT2D eigenvalue weighted by Crippen LogP contribution is -2.51. The molecule has 11 heteroatoms. The normalized spacial score (nSPS) is 19.1. The summed E-state index contributed by atoms with van der Waals surface area (Å²) in [5.41, 5.74) is 3.63. The van der Waals surface area contributed by atoms with Gasteiger partial charge in [-0.3, -0.25) is 9.78 Å². The van der Waals surface area contributed by atoms with Gasteiger partial charge >= 0.3 is 0 Å². The van der Waals surface area contributed by atoms with Gasteiger partial charge in [0.05, 0.1) is 46.2 Å². The molecule has 1 atom stereocenters. The van der Waals surface area contributed by atoms with Crippen molar-refractivity contribution in [1.29, 1.82) is 0 Å². The van der Waals surface area contributed by atoms with Crippen LogP contribution in [0.4, 0.5) is 5.82 Å². The first-order valence-corrected chi connectivity index (χ1v) is 15.5. The summed E-state index contributed by atoms with van der Waals surface area (Å²) in [6, 6.07) is 16.4. The van der Waals surface area contributed by atoms with E-state index in [4.69, 9.17) is 14.7 Å². The van der Waals surface area contributed by atoms with Crippen molar-refractivity contribution in [2.24, 2.45) is 0 Å². The molecule has 2 saturated heterocycles. The van der Waals surface area contributed by atoms with Crippen LogP contribution in [-0.2, 0) is 21.1 Å². The first-order valence-electron chi connectivity index (χ1n) is 13.6. The van der Waals surface area contributed by atoms with Crippen LogP contribution in [-0.4, -0.2) is 73.9 Å². The van der Waals surface area contributed by atoms with E-state index < -0.39 is 9.84 Å². The Hall–Kier alpha value is -3.93. The van der Waals surface area contributed by atoms with Crippen LogP contribution in [0.15, 0.2) is 65.7 Å². The number of hydrogen-bond donors (Lipinski definition) is 2. The molecule has 0 bridgehead atoms. The Morgan fingerprint density at radius 2 is 1.98 bits per heavy atom. The van der Waals surface area contributed by atoms with Gasteiger partial charge in [-0.05, 0) is 61.4 Å². The highest BCUT2D eigenvalue weighted by molar-refractivity contribution is 7.90. The number of pyridine rings is 3. The lowest BCUT2D eigenvalue weighted by molar-refractivity contribution is -0.0496. The smallest absolute Gasteiger partial charge is 0.251 e. The molecule has 5 heterocycles. The standard InChI is InChI=1S/C30H32N6O4S/c1-20-6-7-21(14-27(20)41(2,38)39)29(37)33-17-23-15-26-22(16-32-23)8-9-25(34-26)24-4-3-5-28(35-24)36-12-10-30(19-36)18-31-11-13-40-30/h3-9,14-16,31H,10-13,17-19H2,1-2H3,(H,33,37)/t30-/m0/s1. The molecule has 0 aliphatic carbocycles. The number of benzene rings is 1. The third-order valence-corrected chi connectivity index (χ3v) is 8.92. The first-order chi connectivity index (χ1) is 19.7. The van der Waals surface area contributed by atoms with Crippen LogP contribution in [0.1, 0.15) is 28.0 Å². The fraction of sp³-hybridized carbons (Fsp3) is 0.333. The molecule has 41 heavy (non-hydrogen) atoms. The number of anilines is 1. The van der Waals surface area contributed by atoms with E-state index in [1.807, 2.05) is 36.4 Å². The van der Waals surface area contributed by atoms with Crippen LogP contribution in [0.2, 0.25) is 0 Å². The molecule has 1 spiro atoms. The van der Waals surface area contributed by atoms with E-state index in [9.17, 15) is 13.2 Å². The van der Waals surface area contributed by atoms with Crippen molar-refractivity contribution in [3.63, 3.8) is 0 Å². The van der Waals surface area contributed by atoms with E-state index in [1.54, 1.807) is 25.3 Å². The van der Waals surface area contributed by atoms with E-state index in [0.717, 1.165) is 73.6 Å². The highest BCUT2D eigenvalue weighted by Gasteiger charge is 2.40. The summed E-state index contributed by atoms with van der Waals surface area (Å²) < 4.78 is 30.2. The molecule has 2 aliphatic heterocycles. The second-order valence-electron chi connectivity index (χ2n) is 10.8. The fourth-order valence-electron chi connectivity index (χ4n) is 5.46. The summed E-state index contributed by atoms with van der Waals surface area (Å²) in [6.07, 6.45) is 3.83. The lowest BCUT2D eigenvalue weighted by Gasteiger charge is -2.34. The number of nitrogens with one attached hydrogen (secondary N) is 2. The van der Waals surface area contributed by atoms with E-state index in [0.29, 0.717) is 11.3 Å². The summed E-state index contributed by atoms with van der Waals surface area (Å²) in [5.74, 6) is 0.529. The quantitative estimate of drug-likeness (QED) is 0.359. The van der Waals surface area contributed by atoms with Gasteiger partial charge in [0, 0.05) is 49.6 Å². The minimum atomic E-state index is -3.44. The van der Waals surface area contributed by atoms with Crippen molar-refractivity contribution >= 4 is 32.5 Å². The predicted octanol–water partition coefficient (Wildman–Crippen LogP) is 2.90. The maximum absolute atomic E-state index is 12.8. The Balaban J connectivity index is 1.18. The zero-order valence-electron chi connectivity index (χ0n) is 23.1. The third kappa shape index (κ3) is 5.79. The molecule has 4 aromatic rings. The van der Waals surface area contributed by atoms with Crippen LogP contribution in [0.3, 0.4) is 0 Å². The van der Waals surface area contributed by atoms with E-state index in [2.05, 4.69) is 20.5 Å². The third-order valence-electron chi connectivity index (χ3n) is 7.68. The number of sulfone groups is 1. The maximum Gasteiger partial charge on any atom is 0.251 e. The van der Waals surface area contributed by atoms with Gasteiger partial charge < -0.3 is 20.3 Å². The largest absolute Gasteiger partial charge is 0.370 e. The van der Waals surface area contributed by atoms with Crippen molar-refractivity contribution in [1.82, 2.24) is 25.6 Å². The molecule has 2 N–H and O–H groups in total. The van der Waals surface area contributed by atoms with Gasteiger partial charge in [-0.15, -0.1) is 0 Å². The molecule has 2 fully saturated rings. The molecule has 10 nitrogen and oxygen atoms in total. The predicted molar refractivity (Wildman–Crippen MR) is 157 cm³/mol. The Morgan fingerprint density at radius 3 is 2.78 bits per heavy atom. The van der Waals surface area contributed by atoms with E-state index in [-0.39, 0.29) is 28.5 Å². The number of morpholine rings is 1. The molecule has 1 amide bonds. The number of ether oxygens (including phenoxy) is 1. The molecular weight excluding hydrogens is 540 g/mol. The average molecular weight is 573 g/mol. The van der Waals surface area contributed by atoms with Gasteiger partial charge in [0.2, 0.25) is 0 Å². The number of aromatic nitrogens is 3. The number of fused-ring (bicyclic) bond motifs is 1. The van der Waals surface area contributed by atoms with Crippen LogP contribution in [0, 0.1) is 6.92 Å². The number of carbonyl (C=O) groups excluding carboxylic acids is 1. The number of rotatable bonds is 6. The highest BCUT2D eigenvalue weighted by Crippen LogP contribution is 2.31.